The normalized spacial score (nSPS) is 16.6. The minimum atomic E-state index is -0.761. The Kier molecular flexibility index (Phi) is 5.52. The van der Waals surface area contributed by atoms with Crippen LogP contribution in [0.2, 0.25) is 0 Å². The molecular formula is C26H20FN3O5. The average molecular weight is 473 g/mol. The van der Waals surface area contributed by atoms with Crippen LogP contribution in [0.3, 0.4) is 0 Å². The van der Waals surface area contributed by atoms with Crippen LogP contribution in [0.1, 0.15) is 33.2 Å². The molecule has 2 heterocycles. The number of nitrogens with zero attached hydrogens (tertiary/aromatic N) is 2. The van der Waals surface area contributed by atoms with Crippen LogP contribution in [0, 0.1) is 5.82 Å². The fraction of sp³-hybridized carbons (Fsp3) is 0.154. The predicted octanol–water partition coefficient (Wildman–Crippen LogP) is 3.37. The molecule has 3 aromatic carbocycles. The van der Waals surface area contributed by atoms with Gasteiger partial charge in [0.25, 0.3) is 17.7 Å². The highest BCUT2D eigenvalue weighted by Gasteiger charge is 2.36. The lowest BCUT2D eigenvalue weighted by atomic mass is 10.1. The van der Waals surface area contributed by atoms with Gasteiger partial charge in [-0.05, 0) is 43.3 Å². The molecule has 9 heteroatoms. The van der Waals surface area contributed by atoms with Crippen molar-refractivity contribution in [3.8, 4) is 5.75 Å². The maximum Gasteiger partial charge on any atom is 0.268 e. The number of rotatable bonds is 5. The Morgan fingerprint density at radius 2 is 1.60 bits per heavy atom. The summed E-state index contributed by atoms with van der Waals surface area (Å²) in [4.78, 5) is 52.9. The van der Waals surface area contributed by atoms with Gasteiger partial charge in [-0.2, -0.15) is 0 Å². The van der Waals surface area contributed by atoms with Gasteiger partial charge in [-0.25, -0.2) is 4.39 Å². The highest BCUT2D eigenvalue weighted by atomic mass is 19.1. The molecule has 1 unspecified atom stereocenters. The van der Waals surface area contributed by atoms with Crippen LogP contribution < -0.4 is 15.0 Å². The molecule has 0 aromatic heterocycles. The Balaban J connectivity index is 1.36. The van der Waals surface area contributed by atoms with Crippen LogP contribution in [0.5, 0.6) is 5.75 Å². The molecule has 8 nitrogen and oxygen atoms in total. The number of anilines is 2. The van der Waals surface area contributed by atoms with Crippen LogP contribution in [0.4, 0.5) is 15.8 Å². The van der Waals surface area contributed by atoms with E-state index >= 15 is 0 Å². The van der Waals surface area contributed by atoms with Crippen LogP contribution in [-0.2, 0) is 16.1 Å². The zero-order valence-electron chi connectivity index (χ0n) is 18.7. The first kappa shape index (κ1) is 22.3. The van der Waals surface area contributed by atoms with E-state index < -0.39 is 36.2 Å². The van der Waals surface area contributed by atoms with Gasteiger partial charge in [0.05, 0.1) is 23.4 Å². The second-order valence-electron chi connectivity index (χ2n) is 8.25. The van der Waals surface area contributed by atoms with Crippen molar-refractivity contribution in [2.24, 2.45) is 0 Å². The smallest absolute Gasteiger partial charge is 0.268 e. The molecule has 4 amide bonds. The molecule has 176 valence electrons. The molecule has 5 rings (SSSR count). The number of carbonyl (C=O) groups excluding carboxylic acids is 4. The van der Waals surface area contributed by atoms with E-state index in [-0.39, 0.29) is 23.6 Å². The zero-order valence-corrected chi connectivity index (χ0v) is 18.7. The van der Waals surface area contributed by atoms with Crippen molar-refractivity contribution in [3.05, 3.63) is 89.2 Å². The average Bonchev–Trinajstić information content (AvgIpc) is 3.08. The molecule has 0 aliphatic carbocycles. The van der Waals surface area contributed by atoms with E-state index in [1.807, 2.05) is 0 Å². The number of benzene rings is 3. The summed E-state index contributed by atoms with van der Waals surface area (Å²) >= 11 is 0. The minimum Gasteiger partial charge on any atom is -0.479 e. The third-order valence-electron chi connectivity index (χ3n) is 5.92. The van der Waals surface area contributed by atoms with Crippen LogP contribution in [-0.4, -0.2) is 41.2 Å². The monoisotopic (exact) mass is 473 g/mol. The number of hydrogen-bond donors (Lipinski definition) is 1. The zero-order chi connectivity index (χ0) is 24.7. The molecule has 0 saturated carbocycles. The number of carbonyl (C=O) groups is 4. The first-order valence-corrected chi connectivity index (χ1v) is 10.9. The SMILES string of the molecule is CC1Oc2ccc(NC(=O)CN3C(=O)c4ccccc4C3=O)cc2N(Cc2ccccc2F)C1=O. The summed E-state index contributed by atoms with van der Waals surface area (Å²) in [6.45, 7) is 1.13. The highest BCUT2D eigenvalue weighted by Crippen LogP contribution is 2.37. The van der Waals surface area contributed by atoms with Gasteiger partial charge in [-0.3, -0.25) is 24.1 Å². The van der Waals surface area contributed by atoms with Crippen molar-refractivity contribution in [2.45, 2.75) is 19.6 Å². The third kappa shape index (κ3) is 4.01. The van der Waals surface area contributed by atoms with Crippen LogP contribution in [0.15, 0.2) is 66.7 Å². The van der Waals surface area contributed by atoms with Gasteiger partial charge in [0.1, 0.15) is 18.1 Å². The fourth-order valence-corrected chi connectivity index (χ4v) is 4.17. The number of amides is 4. The maximum absolute atomic E-state index is 14.3. The van der Waals surface area contributed by atoms with E-state index in [0.29, 0.717) is 22.7 Å². The molecular weight excluding hydrogens is 453 g/mol. The van der Waals surface area contributed by atoms with Crippen LogP contribution in [0.25, 0.3) is 0 Å². The Morgan fingerprint density at radius 1 is 0.943 bits per heavy atom. The number of hydrogen-bond acceptors (Lipinski definition) is 5. The Bertz CT molecular complexity index is 1350. The van der Waals surface area contributed by atoms with E-state index in [9.17, 15) is 23.6 Å². The largest absolute Gasteiger partial charge is 0.479 e. The number of ether oxygens (including phenoxy) is 1. The van der Waals surface area contributed by atoms with Crippen molar-refractivity contribution in [3.63, 3.8) is 0 Å². The summed E-state index contributed by atoms with van der Waals surface area (Å²) in [6, 6.07) is 17.3. The lowest BCUT2D eigenvalue weighted by Gasteiger charge is -2.33. The lowest BCUT2D eigenvalue weighted by Crippen LogP contribution is -2.44. The molecule has 0 saturated heterocycles. The molecule has 1 atom stereocenters. The van der Waals surface area contributed by atoms with Crippen molar-refractivity contribution in [2.75, 3.05) is 16.8 Å². The maximum atomic E-state index is 14.3. The Hall–Kier alpha value is -4.53. The summed E-state index contributed by atoms with van der Waals surface area (Å²) in [6.07, 6.45) is -0.761. The van der Waals surface area contributed by atoms with Gasteiger partial charge < -0.3 is 15.0 Å². The number of halogens is 1. The summed E-state index contributed by atoms with van der Waals surface area (Å²) in [5, 5.41) is 2.66. The molecule has 2 aliphatic rings. The fourth-order valence-electron chi connectivity index (χ4n) is 4.17. The third-order valence-corrected chi connectivity index (χ3v) is 5.92. The number of nitrogens with one attached hydrogen (secondary N) is 1. The number of fused-ring (bicyclic) bond motifs is 2. The molecule has 0 bridgehead atoms. The molecule has 2 aliphatic heterocycles. The lowest BCUT2D eigenvalue weighted by molar-refractivity contribution is -0.125. The second-order valence-corrected chi connectivity index (χ2v) is 8.25. The van der Waals surface area contributed by atoms with Crippen molar-refractivity contribution in [1.82, 2.24) is 4.90 Å². The first-order valence-electron chi connectivity index (χ1n) is 10.9. The van der Waals surface area contributed by atoms with E-state index in [1.54, 1.807) is 67.6 Å². The molecule has 0 fully saturated rings. The number of imide groups is 1. The first-order chi connectivity index (χ1) is 16.8. The van der Waals surface area contributed by atoms with E-state index in [0.717, 1.165) is 4.90 Å². The van der Waals surface area contributed by atoms with Crippen LogP contribution >= 0.6 is 0 Å². The summed E-state index contributed by atoms with van der Waals surface area (Å²) in [5.74, 6) is -2.03. The Morgan fingerprint density at radius 3 is 2.29 bits per heavy atom. The van der Waals surface area contributed by atoms with Gasteiger partial charge in [-0.15, -0.1) is 0 Å². The molecule has 0 radical (unpaired) electrons. The van der Waals surface area contributed by atoms with Gasteiger partial charge in [-0.1, -0.05) is 30.3 Å². The van der Waals surface area contributed by atoms with E-state index in [2.05, 4.69) is 5.32 Å². The molecule has 35 heavy (non-hydrogen) atoms. The minimum absolute atomic E-state index is 0.0152. The molecule has 3 aromatic rings. The van der Waals surface area contributed by atoms with Crippen molar-refractivity contribution < 1.29 is 28.3 Å². The van der Waals surface area contributed by atoms with Crippen molar-refractivity contribution in [1.29, 1.82) is 0 Å². The highest BCUT2D eigenvalue weighted by molar-refractivity contribution is 6.22. The van der Waals surface area contributed by atoms with Gasteiger partial charge in [0.15, 0.2) is 6.10 Å². The van der Waals surface area contributed by atoms with E-state index in [4.69, 9.17) is 4.74 Å². The topological polar surface area (TPSA) is 96.0 Å². The predicted molar refractivity (Wildman–Crippen MR) is 125 cm³/mol. The quantitative estimate of drug-likeness (QED) is 0.574. The van der Waals surface area contributed by atoms with Gasteiger partial charge in [0.2, 0.25) is 5.91 Å². The summed E-state index contributed by atoms with van der Waals surface area (Å²) in [7, 11) is 0. The summed E-state index contributed by atoms with van der Waals surface area (Å²) in [5.41, 5.74) is 1.55. The standard InChI is InChI=1S/C26H20FN3O5/c1-15-24(32)29(13-16-6-2-5-9-20(16)27)21-12-17(10-11-22(21)35-15)28-23(31)14-30-25(33)18-7-3-4-8-19(18)26(30)34/h2-12,15H,13-14H2,1H3,(H,28,31). The Labute approximate surface area is 199 Å². The molecule has 0 spiro atoms. The van der Waals surface area contributed by atoms with Gasteiger partial charge in [0, 0.05) is 11.3 Å². The van der Waals surface area contributed by atoms with Crippen molar-refractivity contribution >= 4 is 35.0 Å². The summed E-state index contributed by atoms with van der Waals surface area (Å²) < 4.78 is 19.9. The molecule has 1 N–H and O–H groups in total. The van der Waals surface area contributed by atoms with E-state index in [1.165, 1.54) is 11.0 Å². The van der Waals surface area contributed by atoms with Gasteiger partial charge >= 0.3 is 0 Å². The second kappa shape index (κ2) is 8.68.